The second kappa shape index (κ2) is 51.0. The first kappa shape index (κ1) is 79.7. The zero-order valence-corrected chi connectivity index (χ0v) is 53.9. The first-order valence-electron chi connectivity index (χ1n) is 34.5. The molecule has 0 spiro atoms. The van der Waals surface area contributed by atoms with Gasteiger partial charge in [0.05, 0.1) is 38.6 Å². The highest BCUT2D eigenvalue weighted by Gasteiger charge is 2.53. The molecule has 0 aromatic heterocycles. The van der Waals surface area contributed by atoms with Gasteiger partial charge >= 0.3 is 0 Å². The van der Waals surface area contributed by atoms with Crippen molar-refractivity contribution >= 4 is 5.91 Å². The van der Waals surface area contributed by atoms with E-state index in [1.54, 1.807) is 0 Å². The van der Waals surface area contributed by atoms with E-state index in [1.807, 2.05) is 0 Å². The summed E-state index contributed by atoms with van der Waals surface area (Å²) in [5, 5.41) is 121. The summed E-state index contributed by atoms with van der Waals surface area (Å²) >= 11 is 0. The van der Waals surface area contributed by atoms with Crippen molar-refractivity contribution in [3.05, 3.63) is 60.8 Å². The Morgan fingerprint density at radius 1 is 0.420 bits per heavy atom. The van der Waals surface area contributed by atoms with Crippen LogP contribution in [-0.4, -0.2) is 193 Å². The lowest BCUT2D eigenvalue weighted by atomic mass is 9.96. The van der Waals surface area contributed by atoms with Gasteiger partial charge in [0.1, 0.15) is 73.2 Å². The number of aliphatic hydroxyl groups is 11. The van der Waals surface area contributed by atoms with Gasteiger partial charge < -0.3 is 89.9 Å². The van der Waals surface area contributed by atoms with E-state index >= 15 is 0 Å². The molecule has 0 radical (unpaired) electrons. The van der Waals surface area contributed by atoms with E-state index in [1.165, 1.54) is 116 Å². The number of rotatable bonds is 52. The van der Waals surface area contributed by atoms with Crippen molar-refractivity contribution in [3.8, 4) is 0 Å². The van der Waals surface area contributed by atoms with Crippen LogP contribution in [0.15, 0.2) is 60.8 Å². The van der Waals surface area contributed by atoms with Crippen LogP contribution in [0.25, 0.3) is 0 Å². The number of hydrogen-bond donors (Lipinski definition) is 12. The van der Waals surface area contributed by atoms with Gasteiger partial charge in [-0.25, -0.2) is 0 Å². The maximum absolute atomic E-state index is 13.4. The topological polar surface area (TPSA) is 307 Å². The lowest BCUT2D eigenvalue weighted by Gasteiger charge is -2.48. The lowest BCUT2D eigenvalue weighted by molar-refractivity contribution is -0.379. The molecule has 0 aromatic carbocycles. The van der Waals surface area contributed by atoms with Gasteiger partial charge in [-0.15, -0.1) is 0 Å². The molecule has 17 unspecified atom stereocenters. The quantitative estimate of drug-likeness (QED) is 0.0200. The molecule has 3 aliphatic heterocycles. The van der Waals surface area contributed by atoms with E-state index in [0.717, 1.165) is 89.9 Å². The number of hydrogen-bond acceptors (Lipinski definition) is 18. The van der Waals surface area contributed by atoms with E-state index in [0.29, 0.717) is 12.8 Å². The standard InChI is InChI=1S/C69H123NO18/c1-3-5-7-9-11-13-15-17-19-21-23-24-25-26-27-28-29-31-33-35-37-39-41-43-45-47-57(75)70-52(53(74)46-44-42-40-38-36-34-32-30-22-20-18-16-14-12-10-8-6-4-2)51-83-67-63(81)60(78)65(55(49-72)85-67)88-69-64(82)61(79)66(56(50-73)86-69)87-68-62(80)59(77)58(76)54(48-71)84-68/h5,7,11,13,17,19,23-24,26-27,52-56,58-69,71-74,76-82H,3-4,6,8-10,12,14-16,18,20-22,25,28-51H2,1-2H3,(H,70,75)/b7-5-,13-11-,19-17-,24-23-,27-26-. The van der Waals surface area contributed by atoms with Crippen LogP contribution < -0.4 is 5.32 Å². The second-order valence-corrected chi connectivity index (χ2v) is 24.6. The Morgan fingerprint density at radius 2 is 0.784 bits per heavy atom. The van der Waals surface area contributed by atoms with Crippen LogP contribution in [0.5, 0.6) is 0 Å². The summed E-state index contributed by atoms with van der Waals surface area (Å²) in [4.78, 5) is 13.4. The number of aliphatic hydroxyl groups excluding tert-OH is 11. The molecule has 3 fully saturated rings. The highest BCUT2D eigenvalue weighted by atomic mass is 16.8. The highest BCUT2D eigenvalue weighted by molar-refractivity contribution is 5.76. The van der Waals surface area contributed by atoms with Crippen molar-refractivity contribution in [2.75, 3.05) is 26.4 Å². The first-order chi connectivity index (χ1) is 42.8. The van der Waals surface area contributed by atoms with Gasteiger partial charge in [0.25, 0.3) is 0 Å². The molecule has 512 valence electrons. The molecule has 19 heteroatoms. The molecule has 0 aliphatic carbocycles. The van der Waals surface area contributed by atoms with Crippen LogP contribution in [0.1, 0.15) is 239 Å². The first-order valence-corrected chi connectivity index (χ1v) is 34.5. The number of allylic oxidation sites excluding steroid dienone is 10. The third-order valence-electron chi connectivity index (χ3n) is 17.1. The number of carbonyl (C=O) groups is 1. The van der Waals surface area contributed by atoms with E-state index < -0.39 is 124 Å². The SMILES string of the molecule is CC/C=C\C/C=C\C/C=C\C/C=C\C/C=C\CCCCCCCCCCCC(=O)NC(COC1OC(CO)C(OC2OC(CO)C(OC3OC(CO)C(O)C(O)C3O)C(O)C2O)C(O)C1O)C(O)CCCCCCCCCCCCCCCCCCCC. The second-order valence-electron chi connectivity index (χ2n) is 24.6. The van der Waals surface area contributed by atoms with Crippen LogP contribution >= 0.6 is 0 Å². The van der Waals surface area contributed by atoms with E-state index in [9.17, 15) is 61.0 Å². The van der Waals surface area contributed by atoms with Crippen LogP contribution in [0, 0.1) is 0 Å². The molecular weight excluding hydrogens is 1130 g/mol. The molecule has 3 aliphatic rings. The van der Waals surface area contributed by atoms with Gasteiger partial charge in [-0.05, 0) is 57.8 Å². The minimum Gasteiger partial charge on any atom is -0.394 e. The smallest absolute Gasteiger partial charge is 0.220 e. The number of unbranched alkanes of at least 4 members (excludes halogenated alkanes) is 26. The van der Waals surface area contributed by atoms with Gasteiger partial charge in [-0.1, -0.05) is 235 Å². The average Bonchev–Trinajstić information content (AvgIpc) is 3.70. The molecule has 3 rings (SSSR count). The highest BCUT2D eigenvalue weighted by Crippen LogP contribution is 2.33. The van der Waals surface area contributed by atoms with Crippen LogP contribution in [-0.2, 0) is 33.2 Å². The third kappa shape index (κ3) is 32.9. The lowest BCUT2D eigenvalue weighted by Crippen LogP contribution is -2.66. The third-order valence-corrected chi connectivity index (χ3v) is 17.1. The summed E-state index contributed by atoms with van der Waals surface area (Å²) in [6.45, 7) is 1.69. The molecule has 19 nitrogen and oxygen atoms in total. The minimum atomic E-state index is -1.97. The maximum atomic E-state index is 13.4. The van der Waals surface area contributed by atoms with E-state index in [2.05, 4.69) is 79.9 Å². The number of carbonyl (C=O) groups excluding carboxylic acids is 1. The zero-order chi connectivity index (χ0) is 64.0. The van der Waals surface area contributed by atoms with Crippen molar-refractivity contribution in [2.45, 2.75) is 343 Å². The maximum Gasteiger partial charge on any atom is 0.220 e. The summed E-state index contributed by atoms with van der Waals surface area (Å²) in [6, 6.07) is -0.894. The molecule has 17 atom stereocenters. The number of ether oxygens (including phenoxy) is 6. The average molecular weight is 1250 g/mol. The fourth-order valence-electron chi connectivity index (χ4n) is 11.5. The number of amides is 1. The summed E-state index contributed by atoms with van der Waals surface area (Å²) in [5.74, 6) is -0.250. The summed E-state index contributed by atoms with van der Waals surface area (Å²) in [5.41, 5.74) is 0. The normalized spacial score (nSPS) is 28.8. The predicted molar refractivity (Wildman–Crippen MR) is 342 cm³/mol. The fraction of sp³-hybridized carbons (Fsp3) is 0.841. The molecule has 3 saturated heterocycles. The molecule has 0 aromatic rings. The monoisotopic (exact) mass is 1250 g/mol. The van der Waals surface area contributed by atoms with Gasteiger partial charge in [-0.2, -0.15) is 0 Å². The Bertz CT molecular complexity index is 1830. The minimum absolute atomic E-state index is 0.250. The summed E-state index contributed by atoms with van der Waals surface area (Å²) in [7, 11) is 0. The number of nitrogens with one attached hydrogen (secondary N) is 1. The van der Waals surface area contributed by atoms with Crippen LogP contribution in [0.4, 0.5) is 0 Å². The molecule has 0 bridgehead atoms. The van der Waals surface area contributed by atoms with Gasteiger partial charge in [0, 0.05) is 6.42 Å². The Morgan fingerprint density at radius 3 is 1.23 bits per heavy atom. The molecule has 3 heterocycles. The Hall–Kier alpha value is -2.51. The molecule has 1 amide bonds. The Kier molecular flexibility index (Phi) is 46.2. The summed E-state index contributed by atoms with van der Waals surface area (Å²) in [6.07, 6.45) is 34.3. The van der Waals surface area contributed by atoms with Crippen molar-refractivity contribution < 1.29 is 89.4 Å². The Labute approximate surface area is 528 Å². The molecule has 88 heavy (non-hydrogen) atoms. The van der Waals surface area contributed by atoms with Gasteiger partial charge in [-0.3, -0.25) is 4.79 Å². The molecule has 0 saturated carbocycles. The van der Waals surface area contributed by atoms with Crippen molar-refractivity contribution in [2.24, 2.45) is 0 Å². The molecule has 12 N–H and O–H groups in total. The van der Waals surface area contributed by atoms with Crippen molar-refractivity contribution in [1.29, 1.82) is 0 Å². The fourth-order valence-corrected chi connectivity index (χ4v) is 11.5. The molecular formula is C69H123NO18. The van der Waals surface area contributed by atoms with Gasteiger partial charge in [0.2, 0.25) is 5.91 Å². The van der Waals surface area contributed by atoms with E-state index in [-0.39, 0.29) is 18.9 Å². The van der Waals surface area contributed by atoms with Crippen LogP contribution in [0.2, 0.25) is 0 Å². The van der Waals surface area contributed by atoms with E-state index in [4.69, 9.17) is 28.4 Å². The zero-order valence-electron chi connectivity index (χ0n) is 53.9. The Balaban J connectivity index is 1.43. The largest absolute Gasteiger partial charge is 0.394 e. The van der Waals surface area contributed by atoms with Crippen molar-refractivity contribution in [1.82, 2.24) is 5.32 Å². The van der Waals surface area contributed by atoms with Crippen molar-refractivity contribution in [3.63, 3.8) is 0 Å². The summed E-state index contributed by atoms with van der Waals surface area (Å²) < 4.78 is 34.4. The predicted octanol–water partition coefficient (Wildman–Crippen LogP) is 8.77. The van der Waals surface area contributed by atoms with Gasteiger partial charge in [0.15, 0.2) is 18.9 Å². The van der Waals surface area contributed by atoms with Crippen LogP contribution in [0.3, 0.4) is 0 Å².